The van der Waals surface area contributed by atoms with Crippen molar-refractivity contribution in [1.29, 1.82) is 0 Å². The summed E-state index contributed by atoms with van der Waals surface area (Å²) in [5, 5.41) is 3.31. The van der Waals surface area contributed by atoms with Crippen LogP contribution in [0.25, 0.3) is 0 Å². The summed E-state index contributed by atoms with van der Waals surface area (Å²) in [6.07, 6.45) is 1.62. The molecular weight excluding hydrogens is 361 g/mol. The Bertz CT molecular complexity index is 700. The number of aryl methyl sites for hydroxylation is 1. The molecule has 0 saturated heterocycles. The van der Waals surface area contributed by atoms with E-state index in [4.69, 9.17) is 27.9 Å². The van der Waals surface area contributed by atoms with E-state index in [1.165, 1.54) is 5.56 Å². The molecule has 2 rings (SSSR count). The van der Waals surface area contributed by atoms with Crippen molar-refractivity contribution < 1.29 is 14.3 Å². The molecule has 25 heavy (non-hydrogen) atoms. The van der Waals surface area contributed by atoms with Crippen LogP contribution in [0.5, 0.6) is 0 Å². The summed E-state index contributed by atoms with van der Waals surface area (Å²) in [6.45, 7) is 0.339. The number of hydrogen-bond donors (Lipinski definition) is 1. The molecule has 6 heteroatoms. The largest absolute Gasteiger partial charge is 0.466 e. The SMILES string of the molecule is O=C(CCC(=O)OCCCc1ccccc1)Nc1c(Cl)cccc1Cl. The number of nitrogens with one attached hydrogen (secondary N) is 1. The van der Waals surface area contributed by atoms with E-state index >= 15 is 0 Å². The number of hydrogen-bond acceptors (Lipinski definition) is 3. The number of carbonyl (C=O) groups is 2. The molecule has 0 atom stereocenters. The van der Waals surface area contributed by atoms with Gasteiger partial charge in [0.15, 0.2) is 0 Å². The van der Waals surface area contributed by atoms with Gasteiger partial charge in [-0.05, 0) is 30.5 Å². The van der Waals surface area contributed by atoms with Crippen LogP contribution in [0.2, 0.25) is 10.0 Å². The van der Waals surface area contributed by atoms with Gasteiger partial charge in [-0.2, -0.15) is 0 Å². The number of benzene rings is 2. The molecule has 0 bridgehead atoms. The second-order valence-electron chi connectivity index (χ2n) is 5.45. The van der Waals surface area contributed by atoms with Crippen molar-refractivity contribution in [2.45, 2.75) is 25.7 Å². The first-order valence-corrected chi connectivity index (χ1v) is 8.75. The Balaban J connectivity index is 1.65. The number of anilines is 1. The van der Waals surface area contributed by atoms with Crippen LogP contribution in [0, 0.1) is 0 Å². The minimum atomic E-state index is -0.395. The van der Waals surface area contributed by atoms with Crippen molar-refractivity contribution in [1.82, 2.24) is 0 Å². The molecule has 132 valence electrons. The molecule has 2 aromatic carbocycles. The van der Waals surface area contributed by atoms with Gasteiger partial charge in [-0.25, -0.2) is 0 Å². The molecule has 0 aliphatic carbocycles. The van der Waals surface area contributed by atoms with Crippen LogP contribution in [0.1, 0.15) is 24.8 Å². The van der Waals surface area contributed by atoms with Gasteiger partial charge in [0.2, 0.25) is 5.91 Å². The van der Waals surface area contributed by atoms with E-state index < -0.39 is 5.97 Å². The van der Waals surface area contributed by atoms with Gasteiger partial charge in [-0.1, -0.05) is 59.6 Å². The van der Waals surface area contributed by atoms with Crippen molar-refractivity contribution in [3.05, 3.63) is 64.1 Å². The lowest BCUT2D eigenvalue weighted by molar-refractivity contribution is -0.144. The number of rotatable bonds is 8. The molecule has 1 amide bonds. The molecule has 2 aromatic rings. The third kappa shape index (κ3) is 6.77. The smallest absolute Gasteiger partial charge is 0.306 e. The van der Waals surface area contributed by atoms with Crippen molar-refractivity contribution in [2.75, 3.05) is 11.9 Å². The van der Waals surface area contributed by atoms with Crippen molar-refractivity contribution in [2.24, 2.45) is 0 Å². The maximum Gasteiger partial charge on any atom is 0.306 e. The van der Waals surface area contributed by atoms with Gasteiger partial charge >= 0.3 is 5.97 Å². The number of para-hydroxylation sites is 1. The number of esters is 1. The van der Waals surface area contributed by atoms with Crippen molar-refractivity contribution in [3.8, 4) is 0 Å². The van der Waals surface area contributed by atoms with E-state index in [0.717, 1.165) is 12.8 Å². The highest BCUT2D eigenvalue weighted by molar-refractivity contribution is 6.39. The Labute approximate surface area is 157 Å². The predicted molar refractivity (Wildman–Crippen MR) is 100 cm³/mol. The third-order valence-corrected chi connectivity index (χ3v) is 4.13. The van der Waals surface area contributed by atoms with E-state index in [1.54, 1.807) is 18.2 Å². The van der Waals surface area contributed by atoms with E-state index in [2.05, 4.69) is 5.32 Å². The molecule has 1 N–H and O–H groups in total. The Morgan fingerprint density at radius 1 is 0.920 bits per heavy atom. The van der Waals surface area contributed by atoms with Crippen LogP contribution in [-0.4, -0.2) is 18.5 Å². The fraction of sp³-hybridized carbons (Fsp3) is 0.263. The van der Waals surface area contributed by atoms with Crippen LogP contribution in [0.3, 0.4) is 0 Å². The molecule has 0 heterocycles. The maximum atomic E-state index is 11.9. The summed E-state index contributed by atoms with van der Waals surface area (Å²) in [5.74, 6) is -0.732. The van der Waals surface area contributed by atoms with Crippen LogP contribution >= 0.6 is 23.2 Å². The van der Waals surface area contributed by atoms with E-state index in [0.29, 0.717) is 22.3 Å². The Kier molecular flexibility index (Phi) is 7.76. The van der Waals surface area contributed by atoms with Crippen molar-refractivity contribution in [3.63, 3.8) is 0 Å². The van der Waals surface area contributed by atoms with Gasteiger partial charge in [-0.3, -0.25) is 9.59 Å². The molecule has 0 spiro atoms. The Morgan fingerprint density at radius 2 is 1.60 bits per heavy atom. The molecule has 0 fully saturated rings. The summed E-state index contributed by atoms with van der Waals surface area (Å²) in [6, 6.07) is 14.9. The molecule has 0 radical (unpaired) electrons. The Morgan fingerprint density at radius 3 is 2.28 bits per heavy atom. The minimum Gasteiger partial charge on any atom is -0.466 e. The fourth-order valence-electron chi connectivity index (χ4n) is 2.21. The van der Waals surface area contributed by atoms with Crippen molar-refractivity contribution >= 4 is 40.8 Å². The summed E-state index contributed by atoms with van der Waals surface area (Å²) < 4.78 is 5.14. The molecule has 0 unspecified atom stereocenters. The van der Waals surface area contributed by atoms with Gasteiger partial charge in [0.1, 0.15) is 0 Å². The summed E-state index contributed by atoms with van der Waals surface area (Å²) in [7, 11) is 0. The number of halogens is 2. The molecule has 0 saturated carbocycles. The van der Waals surface area contributed by atoms with Crippen LogP contribution < -0.4 is 5.32 Å². The van der Waals surface area contributed by atoms with Crippen LogP contribution in [-0.2, 0) is 20.7 Å². The molecule has 0 aliphatic rings. The molecular formula is C19H19Cl2NO3. The second-order valence-corrected chi connectivity index (χ2v) is 6.27. The standard InChI is InChI=1S/C19H19Cl2NO3/c20-15-9-4-10-16(21)19(15)22-17(23)11-12-18(24)25-13-5-8-14-6-2-1-3-7-14/h1-4,6-7,9-10H,5,8,11-13H2,(H,22,23). The normalized spacial score (nSPS) is 10.3. The average Bonchev–Trinajstić information content (AvgIpc) is 2.61. The molecule has 0 aromatic heterocycles. The highest BCUT2D eigenvalue weighted by Gasteiger charge is 2.12. The lowest BCUT2D eigenvalue weighted by Gasteiger charge is -2.09. The first-order valence-electron chi connectivity index (χ1n) is 7.99. The number of ether oxygens (including phenoxy) is 1. The molecule has 0 aliphatic heterocycles. The summed E-state index contributed by atoms with van der Waals surface area (Å²) in [5.41, 5.74) is 1.56. The zero-order chi connectivity index (χ0) is 18.1. The first kappa shape index (κ1) is 19.3. The predicted octanol–water partition coefficient (Wildman–Crippen LogP) is 4.89. The fourth-order valence-corrected chi connectivity index (χ4v) is 2.71. The Hall–Kier alpha value is -2.04. The zero-order valence-corrected chi connectivity index (χ0v) is 15.1. The van der Waals surface area contributed by atoms with E-state index in [-0.39, 0.29) is 18.7 Å². The van der Waals surface area contributed by atoms with E-state index in [9.17, 15) is 9.59 Å². The highest BCUT2D eigenvalue weighted by Crippen LogP contribution is 2.29. The van der Waals surface area contributed by atoms with Gasteiger partial charge < -0.3 is 10.1 Å². The van der Waals surface area contributed by atoms with Gasteiger partial charge in [0, 0.05) is 6.42 Å². The number of amides is 1. The summed E-state index contributed by atoms with van der Waals surface area (Å²) in [4.78, 5) is 23.6. The lowest BCUT2D eigenvalue weighted by atomic mass is 10.1. The molecule has 4 nitrogen and oxygen atoms in total. The van der Waals surface area contributed by atoms with Crippen LogP contribution in [0.15, 0.2) is 48.5 Å². The minimum absolute atomic E-state index is 0.0130. The highest BCUT2D eigenvalue weighted by atomic mass is 35.5. The lowest BCUT2D eigenvalue weighted by Crippen LogP contribution is -2.15. The van der Waals surface area contributed by atoms with E-state index in [1.807, 2.05) is 30.3 Å². The quantitative estimate of drug-likeness (QED) is 0.524. The second kappa shape index (κ2) is 10.1. The third-order valence-electron chi connectivity index (χ3n) is 3.50. The number of carbonyl (C=O) groups excluding carboxylic acids is 2. The zero-order valence-electron chi connectivity index (χ0n) is 13.6. The van der Waals surface area contributed by atoms with Gasteiger partial charge in [-0.15, -0.1) is 0 Å². The van der Waals surface area contributed by atoms with Gasteiger partial charge in [0.25, 0.3) is 0 Å². The van der Waals surface area contributed by atoms with Crippen LogP contribution in [0.4, 0.5) is 5.69 Å². The average molecular weight is 380 g/mol. The monoisotopic (exact) mass is 379 g/mol. The topological polar surface area (TPSA) is 55.4 Å². The maximum absolute atomic E-state index is 11.9. The summed E-state index contributed by atoms with van der Waals surface area (Å²) >= 11 is 12.0. The first-order chi connectivity index (χ1) is 12.1. The van der Waals surface area contributed by atoms with Gasteiger partial charge in [0.05, 0.1) is 28.8 Å².